The van der Waals surface area contributed by atoms with Crippen LogP contribution in [0.4, 0.5) is 0 Å². The zero-order valence-corrected chi connectivity index (χ0v) is 8.66. The van der Waals surface area contributed by atoms with E-state index in [1.807, 2.05) is 29.6 Å². The van der Waals surface area contributed by atoms with E-state index in [1.54, 1.807) is 18.3 Å². The Morgan fingerprint density at radius 3 is 2.64 bits per heavy atom. The van der Waals surface area contributed by atoms with E-state index in [1.165, 1.54) is 0 Å². The summed E-state index contributed by atoms with van der Waals surface area (Å²) in [6.45, 7) is 1.59. The third-order valence-corrected chi connectivity index (χ3v) is 3.27. The minimum atomic E-state index is -0.786. The largest absolute Gasteiger partial charge is 0.390 e. The number of aliphatic hydroxyl groups excluding tert-OH is 2. The number of hydrogen-bond acceptors (Lipinski definition) is 3. The molecule has 1 aromatic heterocycles. The summed E-state index contributed by atoms with van der Waals surface area (Å²) < 4.78 is 1.14. The van der Waals surface area contributed by atoms with Crippen molar-refractivity contribution in [2.45, 2.75) is 19.1 Å². The Morgan fingerprint density at radius 1 is 1.21 bits per heavy atom. The van der Waals surface area contributed by atoms with Crippen LogP contribution in [0.15, 0.2) is 29.6 Å². The van der Waals surface area contributed by atoms with Crippen molar-refractivity contribution < 1.29 is 10.2 Å². The minimum Gasteiger partial charge on any atom is -0.390 e. The molecule has 0 aliphatic carbocycles. The molecular formula is C11H12O2S. The summed E-state index contributed by atoms with van der Waals surface area (Å²) in [5.41, 5.74) is 0.820. The highest BCUT2D eigenvalue weighted by atomic mass is 32.1. The molecule has 0 aliphatic rings. The van der Waals surface area contributed by atoms with Crippen molar-refractivity contribution in [3.05, 3.63) is 35.2 Å². The lowest BCUT2D eigenvalue weighted by atomic mass is 10.0. The van der Waals surface area contributed by atoms with Crippen molar-refractivity contribution in [2.75, 3.05) is 0 Å². The molecule has 1 aromatic carbocycles. The maximum atomic E-state index is 9.74. The molecule has 2 rings (SSSR count). The van der Waals surface area contributed by atoms with Crippen molar-refractivity contribution in [3.63, 3.8) is 0 Å². The average Bonchev–Trinajstić information content (AvgIpc) is 2.60. The monoisotopic (exact) mass is 208 g/mol. The number of benzene rings is 1. The second-order valence-corrected chi connectivity index (χ2v) is 4.28. The van der Waals surface area contributed by atoms with Crippen LogP contribution in [0.5, 0.6) is 0 Å². The molecule has 2 nitrogen and oxygen atoms in total. The van der Waals surface area contributed by atoms with Crippen molar-refractivity contribution in [2.24, 2.45) is 0 Å². The Hall–Kier alpha value is -0.900. The van der Waals surface area contributed by atoms with Crippen LogP contribution in [0.2, 0.25) is 0 Å². The van der Waals surface area contributed by atoms with Crippen molar-refractivity contribution in [1.82, 2.24) is 0 Å². The Morgan fingerprint density at radius 2 is 1.93 bits per heavy atom. The van der Waals surface area contributed by atoms with Gasteiger partial charge < -0.3 is 10.2 Å². The first-order valence-corrected chi connectivity index (χ1v) is 5.40. The van der Waals surface area contributed by atoms with Gasteiger partial charge in [-0.05, 0) is 23.8 Å². The second kappa shape index (κ2) is 3.69. The van der Waals surface area contributed by atoms with Crippen molar-refractivity contribution in [3.8, 4) is 0 Å². The molecule has 2 unspecified atom stereocenters. The molecule has 14 heavy (non-hydrogen) atoms. The molecule has 74 valence electrons. The van der Waals surface area contributed by atoms with E-state index < -0.39 is 12.2 Å². The van der Waals surface area contributed by atoms with Gasteiger partial charge in [0.25, 0.3) is 0 Å². The number of rotatable bonds is 2. The van der Waals surface area contributed by atoms with Crippen LogP contribution in [0.1, 0.15) is 18.6 Å². The highest BCUT2D eigenvalue weighted by Crippen LogP contribution is 2.31. The molecule has 0 radical (unpaired) electrons. The van der Waals surface area contributed by atoms with Gasteiger partial charge in [0.15, 0.2) is 0 Å². The Bertz CT molecular complexity index is 434. The molecule has 1 heterocycles. The predicted octanol–water partition coefficient (Wildman–Crippen LogP) is 2.32. The molecule has 0 spiro atoms. The van der Waals surface area contributed by atoms with Gasteiger partial charge in [-0.25, -0.2) is 0 Å². The fraction of sp³-hybridized carbons (Fsp3) is 0.273. The molecule has 2 N–H and O–H groups in total. The predicted molar refractivity (Wildman–Crippen MR) is 58.5 cm³/mol. The summed E-state index contributed by atoms with van der Waals surface area (Å²) in [7, 11) is 0. The number of thiophene rings is 1. The first-order chi connectivity index (χ1) is 6.70. The lowest BCUT2D eigenvalue weighted by Gasteiger charge is -2.12. The third kappa shape index (κ3) is 1.54. The van der Waals surface area contributed by atoms with Gasteiger partial charge in [-0.2, -0.15) is 0 Å². The molecule has 2 aromatic rings. The first kappa shape index (κ1) is 9.65. The van der Waals surface area contributed by atoms with Gasteiger partial charge in [0.1, 0.15) is 6.10 Å². The summed E-state index contributed by atoms with van der Waals surface area (Å²) in [5.74, 6) is 0. The van der Waals surface area contributed by atoms with Crippen LogP contribution < -0.4 is 0 Å². The maximum Gasteiger partial charge on any atom is 0.106 e. The maximum absolute atomic E-state index is 9.74. The smallest absolute Gasteiger partial charge is 0.106 e. The van der Waals surface area contributed by atoms with E-state index in [4.69, 9.17) is 0 Å². The van der Waals surface area contributed by atoms with E-state index in [0.29, 0.717) is 0 Å². The van der Waals surface area contributed by atoms with E-state index >= 15 is 0 Å². The van der Waals surface area contributed by atoms with Gasteiger partial charge >= 0.3 is 0 Å². The minimum absolute atomic E-state index is 0.729. The molecule has 0 aliphatic heterocycles. The molecular weight excluding hydrogens is 196 g/mol. The van der Waals surface area contributed by atoms with Crippen LogP contribution in [-0.4, -0.2) is 16.3 Å². The molecule has 0 fully saturated rings. The molecule has 2 atom stereocenters. The zero-order chi connectivity index (χ0) is 10.1. The molecule has 3 heteroatoms. The number of aliphatic hydroxyl groups is 2. The van der Waals surface area contributed by atoms with Crippen LogP contribution in [0.3, 0.4) is 0 Å². The van der Waals surface area contributed by atoms with Gasteiger partial charge in [0.05, 0.1) is 6.10 Å². The highest BCUT2D eigenvalue weighted by molar-refractivity contribution is 7.17. The topological polar surface area (TPSA) is 40.5 Å². The van der Waals surface area contributed by atoms with E-state index in [2.05, 4.69) is 0 Å². The molecule has 0 saturated heterocycles. The van der Waals surface area contributed by atoms with Crippen LogP contribution in [0.25, 0.3) is 10.1 Å². The average molecular weight is 208 g/mol. The normalized spacial score (nSPS) is 15.6. The fourth-order valence-electron chi connectivity index (χ4n) is 1.49. The lowest BCUT2D eigenvalue weighted by molar-refractivity contribution is 0.0317. The summed E-state index contributed by atoms with van der Waals surface area (Å²) in [6, 6.07) is 7.88. The summed E-state index contributed by atoms with van der Waals surface area (Å²) in [5, 5.41) is 22.0. The standard InChI is InChI=1S/C11H12O2S/c1-7(12)11(13)9-6-14-10-5-3-2-4-8(9)10/h2-7,11-13H,1H3. The van der Waals surface area contributed by atoms with Crippen LogP contribution >= 0.6 is 11.3 Å². The van der Waals surface area contributed by atoms with Gasteiger partial charge in [-0.15, -0.1) is 11.3 Å². The zero-order valence-electron chi connectivity index (χ0n) is 7.84. The summed E-state index contributed by atoms with van der Waals surface area (Å²) in [6.07, 6.45) is -1.51. The van der Waals surface area contributed by atoms with Crippen molar-refractivity contribution in [1.29, 1.82) is 0 Å². The van der Waals surface area contributed by atoms with E-state index in [9.17, 15) is 10.2 Å². The second-order valence-electron chi connectivity index (χ2n) is 3.37. The van der Waals surface area contributed by atoms with E-state index in [-0.39, 0.29) is 0 Å². The summed E-state index contributed by atoms with van der Waals surface area (Å²) >= 11 is 1.59. The first-order valence-electron chi connectivity index (χ1n) is 4.52. The van der Waals surface area contributed by atoms with Crippen LogP contribution in [0, 0.1) is 0 Å². The molecule has 0 amide bonds. The third-order valence-electron chi connectivity index (χ3n) is 2.29. The Balaban J connectivity index is 2.53. The lowest BCUT2D eigenvalue weighted by Crippen LogP contribution is -2.13. The Kier molecular flexibility index (Phi) is 2.54. The van der Waals surface area contributed by atoms with Crippen molar-refractivity contribution >= 4 is 21.4 Å². The van der Waals surface area contributed by atoms with Gasteiger partial charge in [0.2, 0.25) is 0 Å². The van der Waals surface area contributed by atoms with E-state index in [0.717, 1.165) is 15.6 Å². The fourth-order valence-corrected chi connectivity index (χ4v) is 2.48. The van der Waals surface area contributed by atoms with Gasteiger partial charge in [0, 0.05) is 10.3 Å². The quantitative estimate of drug-likeness (QED) is 0.795. The highest BCUT2D eigenvalue weighted by Gasteiger charge is 2.17. The van der Waals surface area contributed by atoms with Gasteiger partial charge in [-0.1, -0.05) is 18.2 Å². The number of fused-ring (bicyclic) bond motifs is 1. The SMILES string of the molecule is CC(O)C(O)c1csc2ccccc12. The van der Waals surface area contributed by atoms with Crippen LogP contribution in [-0.2, 0) is 0 Å². The Labute approximate surface area is 86.4 Å². The number of hydrogen-bond donors (Lipinski definition) is 2. The molecule has 0 bridgehead atoms. The summed E-state index contributed by atoms with van der Waals surface area (Å²) in [4.78, 5) is 0. The molecule has 0 saturated carbocycles. The van der Waals surface area contributed by atoms with Gasteiger partial charge in [-0.3, -0.25) is 0 Å².